The van der Waals surface area contributed by atoms with Gasteiger partial charge in [0.05, 0.1) is 20.4 Å². The summed E-state index contributed by atoms with van der Waals surface area (Å²) in [6, 6.07) is 4.73. The predicted molar refractivity (Wildman–Crippen MR) is 92.0 cm³/mol. The zero-order valence-corrected chi connectivity index (χ0v) is 14.9. The molecule has 0 aromatic carbocycles. The maximum atomic E-state index is 12.4. The lowest BCUT2D eigenvalue weighted by molar-refractivity contribution is -0.166. The van der Waals surface area contributed by atoms with E-state index < -0.39 is 41.9 Å². The number of nitrogens with zero attached hydrogens (tertiary/aromatic N) is 4. The van der Waals surface area contributed by atoms with E-state index in [0.29, 0.717) is 5.52 Å². The first-order valence-electron chi connectivity index (χ1n) is 9.12. The zero-order valence-electron chi connectivity index (χ0n) is 16.9. The van der Waals surface area contributed by atoms with Gasteiger partial charge in [-0.1, -0.05) is 0 Å². The van der Waals surface area contributed by atoms with E-state index in [-0.39, 0.29) is 11.5 Å². The highest BCUT2D eigenvalue weighted by molar-refractivity contribution is 5.75. The van der Waals surface area contributed by atoms with Crippen LogP contribution in [0.5, 0.6) is 0 Å². The fourth-order valence-electron chi connectivity index (χ4n) is 2.86. The van der Waals surface area contributed by atoms with Crippen LogP contribution in [0.1, 0.15) is 29.2 Å². The number of aliphatic hydroxyl groups is 2. The summed E-state index contributed by atoms with van der Waals surface area (Å²) in [7, 11) is 0. The Bertz CT molecular complexity index is 993. The smallest absolute Gasteiger partial charge is 0.311 e. The Hall–Kier alpha value is -2.74. The molecule has 27 heavy (non-hydrogen) atoms. The first-order valence-corrected chi connectivity index (χ1v) is 8.12. The molecule has 3 heterocycles. The van der Waals surface area contributed by atoms with Crippen molar-refractivity contribution in [2.75, 3.05) is 12.3 Å². The SMILES string of the molecule is [2H]C([2H])(O)[C@H]1O[C@@](C#N)(c2ccc3c(N)ncnn23)[C@H](O)[C@@H]1OC(=O)C(C)(C)C. The molecule has 0 bridgehead atoms. The maximum absolute atomic E-state index is 12.4. The van der Waals surface area contributed by atoms with Gasteiger partial charge in [-0.2, -0.15) is 10.4 Å². The van der Waals surface area contributed by atoms with E-state index in [1.807, 2.05) is 6.07 Å². The van der Waals surface area contributed by atoms with E-state index in [9.17, 15) is 20.3 Å². The molecule has 1 saturated heterocycles. The first kappa shape index (κ1) is 16.4. The van der Waals surface area contributed by atoms with Crippen molar-refractivity contribution < 1.29 is 27.2 Å². The minimum atomic E-state index is -3.02. The van der Waals surface area contributed by atoms with Crippen molar-refractivity contribution in [2.24, 2.45) is 5.41 Å². The van der Waals surface area contributed by atoms with Crippen molar-refractivity contribution in [1.82, 2.24) is 14.6 Å². The van der Waals surface area contributed by atoms with Crippen LogP contribution in [-0.4, -0.2) is 55.7 Å². The molecule has 0 aliphatic carbocycles. The van der Waals surface area contributed by atoms with Crippen LogP contribution in [-0.2, 0) is 19.9 Å². The summed E-state index contributed by atoms with van der Waals surface area (Å²) >= 11 is 0. The molecule has 144 valence electrons. The summed E-state index contributed by atoms with van der Waals surface area (Å²) in [5.74, 6) is -0.656. The largest absolute Gasteiger partial charge is 0.456 e. The second-order valence-electron chi connectivity index (χ2n) is 7.24. The molecular weight excluding hydrogens is 354 g/mol. The van der Waals surface area contributed by atoms with Gasteiger partial charge in [0.2, 0.25) is 5.60 Å². The van der Waals surface area contributed by atoms with Crippen LogP contribution < -0.4 is 5.73 Å². The molecule has 0 saturated carbocycles. The van der Waals surface area contributed by atoms with Crippen LogP contribution in [0.4, 0.5) is 5.82 Å². The standard InChI is InChI=1S/C17H21N5O5/c1-16(2,3)15(25)26-12-10(6-23)27-17(7-18,13(12)24)11-5-4-9-14(19)20-8-21-22(9)11/h4-5,8,10,12-13,23-24H,6H2,1-3H3,(H2,19,20,21)/t10-,12-,13-,17+/m1/s1/i6D2. The molecule has 4 N–H and O–H groups in total. The van der Waals surface area contributed by atoms with Crippen molar-refractivity contribution in [1.29, 1.82) is 5.26 Å². The maximum Gasteiger partial charge on any atom is 0.311 e. The number of fused-ring (bicyclic) bond motifs is 1. The first-order chi connectivity index (χ1) is 13.3. The number of aromatic nitrogens is 3. The molecule has 1 fully saturated rings. The Balaban J connectivity index is 2.13. The summed E-state index contributed by atoms with van der Waals surface area (Å²) < 4.78 is 27.4. The van der Waals surface area contributed by atoms with Crippen LogP contribution in [0.2, 0.25) is 0 Å². The van der Waals surface area contributed by atoms with Gasteiger partial charge in [0.15, 0.2) is 11.9 Å². The molecule has 4 atom stereocenters. The molecule has 2 aromatic rings. The summed E-state index contributed by atoms with van der Waals surface area (Å²) in [6.45, 7) is 1.68. The van der Waals surface area contributed by atoms with E-state index in [4.69, 9.17) is 17.9 Å². The van der Waals surface area contributed by atoms with Crippen LogP contribution >= 0.6 is 0 Å². The van der Waals surface area contributed by atoms with Crippen LogP contribution in [0.15, 0.2) is 18.5 Å². The Kier molecular flexibility index (Phi) is 3.93. The van der Waals surface area contributed by atoms with Gasteiger partial charge in [0, 0.05) is 0 Å². The van der Waals surface area contributed by atoms with Gasteiger partial charge in [-0.3, -0.25) is 4.79 Å². The minimum absolute atomic E-state index is 0.0140. The number of anilines is 1. The molecule has 0 amide bonds. The minimum Gasteiger partial charge on any atom is -0.456 e. The van der Waals surface area contributed by atoms with Crippen molar-refractivity contribution >= 4 is 17.3 Å². The molecule has 2 aromatic heterocycles. The lowest BCUT2D eigenvalue weighted by atomic mass is 9.92. The van der Waals surface area contributed by atoms with Gasteiger partial charge >= 0.3 is 5.97 Å². The topological polar surface area (TPSA) is 156 Å². The number of hydrogen-bond donors (Lipinski definition) is 3. The summed E-state index contributed by atoms with van der Waals surface area (Å²) in [4.78, 5) is 16.2. The Morgan fingerprint density at radius 1 is 1.59 bits per heavy atom. The van der Waals surface area contributed by atoms with Gasteiger partial charge < -0.3 is 25.4 Å². The van der Waals surface area contributed by atoms with Crippen LogP contribution in [0.3, 0.4) is 0 Å². The van der Waals surface area contributed by atoms with E-state index in [1.165, 1.54) is 16.6 Å². The molecule has 3 rings (SSSR count). The number of nitrogens with two attached hydrogens (primary N) is 1. The zero-order chi connectivity index (χ0) is 21.8. The highest BCUT2D eigenvalue weighted by Gasteiger charge is 2.59. The second-order valence-corrected chi connectivity index (χ2v) is 7.24. The third kappa shape index (κ3) is 2.90. The fraction of sp³-hybridized carbons (Fsp3) is 0.529. The molecule has 0 radical (unpaired) electrons. The van der Waals surface area contributed by atoms with Gasteiger partial charge in [-0.15, -0.1) is 0 Å². The highest BCUT2D eigenvalue weighted by atomic mass is 16.6. The molecule has 1 aliphatic rings. The quantitative estimate of drug-likeness (QED) is 0.613. The number of ether oxygens (including phenoxy) is 2. The average molecular weight is 377 g/mol. The van der Waals surface area contributed by atoms with Gasteiger partial charge in [0.1, 0.15) is 30.1 Å². The Morgan fingerprint density at radius 2 is 2.30 bits per heavy atom. The Morgan fingerprint density at radius 3 is 2.89 bits per heavy atom. The number of rotatable bonds is 3. The number of carbonyl (C=O) groups is 1. The summed E-state index contributed by atoms with van der Waals surface area (Å²) in [6.07, 6.45) is -4.20. The summed E-state index contributed by atoms with van der Waals surface area (Å²) in [5, 5.41) is 34.8. The van der Waals surface area contributed by atoms with Crippen molar-refractivity contribution in [3.8, 4) is 6.07 Å². The number of carbonyl (C=O) groups excluding carboxylic acids is 1. The van der Waals surface area contributed by atoms with Gasteiger partial charge in [-0.25, -0.2) is 9.50 Å². The molecular formula is C17H21N5O5. The van der Waals surface area contributed by atoms with E-state index in [2.05, 4.69) is 10.1 Å². The van der Waals surface area contributed by atoms with Crippen molar-refractivity contribution in [3.63, 3.8) is 0 Å². The second kappa shape index (κ2) is 6.45. The lowest BCUT2D eigenvalue weighted by Crippen LogP contribution is -2.44. The number of nitriles is 1. The van der Waals surface area contributed by atoms with E-state index in [1.54, 1.807) is 20.8 Å². The molecule has 1 aliphatic heterocycles. The Labute approximate surface area is 157 Å². The third-order valence-electron chi connectivity index (χ3n) is 4.35. The molecule has 0 unspecified atom stereocenters. The predicted octanol–water partition coefficient (Wildman–Crippen LogP) is -0.260. The third-order valence-corrected chi connectivity index (χ3v) is 4.35. The fourth-order valence-corrected chi connectivity index (χ4v) is 2.86. The van der Waals surface area contributed by atoms with E-state index >= 15 is 0 Å². The molecule has 0 spiro atoms. The van der Waals surface area contributed by atoms with Crippen molar-refractivity contribution in [3.05, 3.63) is 24.2 Å². The highest BCUT2D eigenvalue weighted by Crippen LogP contribution is 2.42. The van der Waals surface area contributed by atoms with Crippen LogP contribution in [0.25, 0.3) is 5.52 Å². The lowest BCUT2D eigenvalue weighted by Gasteiger charge is -2.26. The number of aliphatic hydroxyl groups excluding tert-OH is 1. The molecule has 10 nitrogen and oxygen atoms in total. The van der Waals surface area contributed by atoms with E-state index in [0.717, 1.165) is 6.33 Å². The number of nitrogen functional groups attached to an aromatic ring is 1. The normalized spacial score (nSPS) is 29.9. The van der Waals surface area contributed by atoms with Crippen LogP contribution in [0, 0.1) is 16.7 Å². The van der Waals surface area contributed by atoms with Gasteiger partial charge in [0.25, 0.3) is 0 Å². The monoisotopic (exact) mass is 377 g/mol. The summed E-state index contributed by atoms with van der Waals surface area (Å²) in [5.41, 5.74) is 2.96. The average Bonchev–Trinajstić information content (AvgIpc) is 3.16. The van der Waals surface area contributed by atoms with Crippen molar-refractivity contribution in [2.45, 2.75) is 44.7 Å². The number of esters is 1. The number of hydrogen-bond acceptors (Lipinski definition) is 9. The molecule has 10 heteroatoms. The van der Waals surface area contributed by atoms with Gasteiger partial charge in [-0.05, 0) is 32.9 Å².